The minimum Gasteiger partial charge on any atom is -0.306 e. The van der Waals surface area contributed by atoms with Crippen molar-refractivity contribution in [2.75, 3.05) is 25.9 Å². The Hall–Kier alpha value is 0.310. The minimum absolute atomic E-state index is 1.04. The molecule has 0 amide bonds. The third-order valence-electron chi connectivity index (χ3n) is 4.63. The molecular formula is C14H27NS. The zero-order valence-electron chi connectivity index (χ0n) is 10.7. The Bertz CT molecular complexity index is 207. The monoisotopic (exact) mass is 241 g/mol. The van der Waals surface area contributed by atoms with Crippen LogP contribution in [0.15, 0.2) is 0 Å². The highest BCUT2D eigenvalue weighted by atomic mass is 32.1. The number of thiol groups is 1. The van der Waals surface area contributed by atoms with Gasteiger partial charge < -0.3 is 4.90 Å². The highest BCUT2D eigenvalue weighted by Gasteiger charge is 2.39. The Kier molecular flexibility index (Phi) is 5.02. The van der Waals surface area contributed by atoms with E-state index in [4.69, 9.17) is 0 Å². The molecule has 0 spiro atoms. The van der Waals surface area contributed by atoms with Crippen LogP contribution in [0.1, 0.15) is 44.9 Å². The molecule has 3 atom stereocenters. The number of hydrogen-bond donors (Lipinski definition) is 1. The van der Waals surface area contributed by atoms with Gasteiger partial charge in [-0.1, -0.05) is 12.8 Å². The van der Waals surface area contributed by atoms with Gasteiger partial charge in [0, 0.05) is 6.54 Å². The lowest BCUT2D eigenvalue weighted by atomic mass is 9.88. The molecule has 2 heteroatoms. The van der Waals surface area contributed by atoms with Crippen LogP contribution in [0, 0.1) is 17.8 Å². The van der Waals surface area contributed by atoms with E-state index in [1.165, 1.54) is 51.6 Å². The number of unbranched alkanes of at least 4 members (excludes halogenated alkanes) is 2. The van der Waals surface area contributed by atoms with Crippen LogP contribution in [0.2, 0.25) is 0 Å². The van der Waals surface area contributed by atoms with E-state index in [0.29, 0.717) is 0 Å². The maximum absolute atomic E-state index is 4.25. The SMILES string of the molecule is CN(CCCCCS)CC1CC2CCC1C2. The van der Waals surface area contributed by atoms with Gasteiger partial charge in [0.25, 0.3) is 0 Å². The second kappa shape index (κ2) is 6.30. The van der Waals surface area contributed by atoms with Crippen molar-refractivity contribution >= 4 is 12.6 Å². The Morgan fingerprint density at radius 3 is 2.62 bits per heavy atom. The summed E-state index contributed by atoms with van der Waals surface area (Å²) >= 11 is 4.25. The van der Waals surface area contributed by atoms with Crippen LogP contribution in [0.5, 0.6) is 0 Å². The van der Waals surface area contributed by atoms with Crippen molar-refractivity contribution in [3.05, 3.63) is 0 Å². The molecule has 2 saturated carbocycles. The van der Waals surface area contributed by atoms with Crippen LogP contribution < -0.4 is 0 Å². The summed E-state index contributed by atoms with van der Waals surface area (Å²) in [4.78, 5) is 2.57. The molecule has 2 rings (SSSR count). The van der Waals surface area contributed by atoms with Gasteiger partial charge in [-0.3, -0.25) is 0 Å². The Morgan fingerprint density at radius 1 is 1.12 bits per heavy atom. The van der Waals surface area contributed by atoms with Crippen molar-refractivity contribution in [2.45, 2.75) is 44.9 Å². The molecule has 0 aromatic carbocycles. The lowest BCUT2D eigenvalue weighted by Crippen LogP contribution is -2.29. The van der Waals surface area contributed by atoms with Gasteiger partial charge in [-0.25, -0.2) is 0 Å². The third-order valence-corrected chi connectivity index (χ3v) is 4.94. The molecule has 16 heavy (non-hydrogen) atoms. The summed E-state index contributed by atoms with van der Waals surface area (Å²) in [7, 11) is 2.31. The smallest absolute Gasteiger partial charge is 0.000936 e. The molecule has 0 heterocycles. The average molecular weight is 241 g/mol. The number of nitrogens with zero attached hydrogens (tertiary/aromatic N) is 1. The normalized spacial score (nSPS) is 32.8. The summed E-state index contributed by atoms with van der Waals surface area (Å²) in [6.45, 7) is 2.66. The number of hydrogen-bond acceptors (Lipinski definition) is 2. The van der Waals surface area contributed by atoms with Crippen LogP contribution in [0.3, 0.4) is 0 Å². The third kappa shape index (κ3) is 3.40. The minimum atomic E-state index is 1.04. The molecule has 0 N–H and O–H groups in total. The molecule has 2 fully saturated rings. The average Bonchev–Trinajstić information content (AvgIpc) is 2.86. The molecule has 0 aromatic rings. The van der Waals surface area contributed by atoms with Crippen molar-refractivity contribution in [2.24, 2.45) is 17.8 Å². The van der Waals surface area contributed by atoms with Crippen molar-refractivity contribution in [1.82, 2.24) is 4.90 Å². The fourth-order valence-electron chi connectivity index (χ4n) is 3.76. The lowest BCUT2D eigenvalue weighted by molar-refractivity contribution is 0.217. The summed E-state index contributed by atoms with van der Waals surface area (Å²) in [5.41, 5.74) is 0. The summed E-state index contributed by atoms with van der Waals surface area (Å²) in [5, 5.41) is 0. The van der Waals surface area contributed by atoms with Crippen LogP contribution in [0.25, 0.3) is 0 Å². The van der Waals surface area contributed by atoms with Crippen molar-refractivity contribution in [3.8, 4) is 0 Å². The van der Waals surface area contributed by atoms with Crippen molar-refractivity contribution in [3.63, 3.8) is 0 Å². The predicted molar refractivity (Wildman–Crippen MR) is 74.1 cm³/mol. The van der Waals surface area contributed by atoms with Gasteiger partial charge in [0.1, 0.15) is 0 Å². The summed E-state index contributed by atoms with van der Waals surface area (Å²) in [6.07, 6.45) is 10.1. The molecule has 0 aliphatic heterocycles. The predicted octanol–water partition coefficient (Wildman–Crippen LogP) is 3.45. The second-order valence-electron chi connectivity index (χ2n) is 5.98. The van der Waals surface area contributed by atoms with Gasteiger partial charge in [0.15, 0.2) is 0 Å². The van der Waals surface area contributed by atoms with Gasteiger partial charge in [-0.2, -0.15) is 12.6 Å². The first-order chi connectivity index (χ1) is 7.79. The van der Waals surface area contributed by atoms with E-state index in [0.717, 1.165) is 23.5 Å². The Balaban J connectivity index is 1.58. The second-order valence-corrected chi connectivity index (χ2v) is 6.43. The van der Waals surface area contributed by atoms with E-state index in [-0.39, 0.29) is 0 Å². The number of fused-ring (bicyclic) bond motifs is 2. The molecule has 2 bridgehead atoms. The van der Waals surface area contributed by atoms with Crippen molar-refractivity contribution < 1.29 is 0 Å². The standard InChI is InChI=1S/C14H27NS/c1-15(7-3-2-4-8-16)11-14-10-12-5-6-13(14)9-12/h12-14,16H,2-11H2,1H3. The summed E-state index contributed by atoms with van der Waals surface area (Å²) < 4.78 is 0. The maximum Gasteiger partial charge on any atom is 0.000936 e. The largest absolute Gasteiger partial charge is 0.306 e. The number of rotatable bonds is 7. The molecule has 0 aromatic heterocycles. The van der Waals surface area contributed by atoms with E-state index in [2.05, 4.69) is 24.6 Å². The first-order valence-electron chi connectivity index (χ1n) is 7.09. The highest BCUT2D eigenvalue weighted by Crippen LogP contribution is 2.48. The molecule has 0 saturated heterocycles. The van der Waals surface area contributed by atoms with Crippen LogP contribution >= 0.6 is 12.6 Å². The Labute approximate surface area is 106 Å². The van der Waals surface area contributed by atoms with Crippen molar-refractivity contribution in [1.29, 1.82) is 0 Å². The van der Waals surface area contributed by atoms with Gasteiger partial charge in [-0.05, 0) is 69.2 Å². The zero-order valence-corrected chi connectivity index (χ0v) is 11.6. The van der Waals surface area contributed by atoms with E-state index >= 15 is 0 Å². The van der Waals surface area contributed by atoms with Crippen LogP contribution in [-0.4, -0.2) is 30.8 Å². The first kappa shape index (κ1) is 12.8. The van der Waals surface area contributed by atoms with E-state index < -0.39 is 0 Å². The van der Waals surface area contributed by atoms with E-state index in [9.17, 15) is 0 Å². The van der Waals surface area contributed by atoms with E-state index in [1.54, 1.807) is 6.42 Å². The summed E-state index contributed by atoms with van der Waals surface area (Å²) in [5.74, 6) is 4.28. The lowest BCUT2D eigenvalue weighted by Gasteiger charge is -2.27. The molecule has 0 radical (unpaired) electrons. The quantitative estimate of drug-likeness (QED) is 0.528. The fraction of sp³-hybridized carbons (Fsp3) is 1.00. The van der Waals surface area contributed by atoms with Gasteiger partial charge in [0.2, 0.25) is 0 Å². The zero-order chi connectivity index (χ0) is 11.4. The van der Waals surface area contributed by atoms with Crippen LogP contribution in [-0.2, 0) is 0 Å². The Morgan fingerprint density at radius 2 is 2.00 bits per heavy atom. The first-order valence-corrected chi connectivity index (χ1v) is 7.72. The molecular weight excluding hydrogens is 214 g/mol. The van der Waals surface area contributed by atoms with Gasteiger partial charge >= 0.3 is 0 Å². The van der Waals surface area contributed by atoms with Gasteiger partial charge in [0.05, 0.1) is 0 Å². The fourth-order valence-corrected chi connectivity index (χ4v) is 3.99. The molecule has 2 aliphatic rings. The van der Waals surface area contributed by atoms with Gasteiger partial charge in [-0.15, -0.1) is 0 Å². The molecule has 1 nitrogen and oxygen atoms in total. The molecule has 3 unspecified atom stereocenters. The summed E-state index contributed by atoms with van der Waals surface area (Å²) in [6, 6.07) is 0. The molecule has 94 valence electrons. The highest BCUT2D eigenvalue weighted by molar-refractivity contribution is 7.80. The maximum atomic E-state index is 4.25. The van der Waals surface area contributed by atoms with Crippen LogP contribution in [0.4, 0.5) is 0 Å². The van der Waals surface area contributed by atoms with E-state index in [1.807, 2.05) is 0 Å². The molecule has 2 aliphatic carbocycles. The topological polar surface area (TPSA) is 3.24 Å².